The maximum atomic E-state index is 12.7. The molecule has 0 radical (unpaired) electrons. The summed E-state index contributed by atoms with van der Waals surface area (Å²) in [6, 6.07) is 13.3. The van der Waals surface area contributed by atoms with Crippen LogP contribution in [0.15, 0.2) is 47.8 Å². The average Bonchev–Trinajstić information content (AvgIpc) is 3.27. The fraction of sp³-hybridized carbons (Fsp3) is 0.294. The molecule has 4 rings (SSSR count). The van der Waals surface area contributed by atoms with Crippen molar-refractivity contribution in [1.29, 1.82) is 0 Å². The molecule has 2 aliphatic rings. The Kier molecular flexibility index (Phi) is 3.43. The molecule has 2 saturated heterocycles. The van der Waals surface area contributed by atoms with Gasteiger partial charge in [0, 0.05) is 11.4 Å². The summed E-state index contributed by atoms with van der Waals surface area (Å²) >= 11 is 1.58. The number of likely N-dealkylation sites (N-methyl/N-ethyl adjacent to an activating group) is 1. The van der Waals surface area contributed by atoms with Crippen LogP contribution >= 0.6 is 11.3 Å². The predicted molar refractivity (Wildman–Crippen MR) is 86.7 cm³/mol. The molecule has 2 fully saturated rings. The SMILES string of the molecule is CCN1C(=O)[C@@H]2[C@H](ON(c3ccccc3)[C@H]2c2cccs2)C1=O. The monoisotopic (exact) mass is 328 g/mol. The Labute approximate surface area is 138 Å². The van der Waals surface area contributed by atoms with E-state index < -0.39 is 12.0 Å². The third-order valence-corrected chi connectivity index (χ3v) is 5.31. The van der Waals surface area contributed by atoms with E-state index >= 15 is 0 Å². The van der Waals surface area contributed by atoms with Crippen molar-refractivity contribution >= 4 is 28.8 Å². The second-order valence-electron chi connectivity index (χ2n) is 5.59. The van der Waals surface area contributed by atoms with Gasteiger partial charge in [0.25, 0.3) is 5.91 Å². The summed E-state index contributed by atoms with van der Waals surface area (Å²) in [5.74, 6) is -0.858. The molecular formula is C17H16N2O3S. The Morgan fingerprint density at radius 2 is 1.87 bits per heavy atom. The Balaban J connectivity index is 1.79. The standard InChI is InChI=1S/C17H16N2O3S/c1-2-18-16(20)13-14(12-9-6-10-23-12)19(22-15(13)17(18)21)11-7-4-3-5-8-11/h3-10,13-15H,2H2,1H3/t13-,14-,15-/m0/s1. The number of anilines is 1. The van der Waals surface area contributed by atoms with Crippen molar-refractivity contribution in [1.82, 2.24) is 4.90 Å². The molecule has 1 aromatic heterocycles. The molecule has 5 nitrogen and oxygen atoms in total. The van der Waals surface area contributed by atoms with Crippen molar-refractivity contribution in [2.45, 2.75) is 19.1 Å². The van der Waals surface area contributed by atoms with E-state index in [2.05, 4.69) is 0 Å². The number of imide groups is 1. The predicted octanol–water partition coefficient (Wildman–Crippen LogP) is 2.61. The number of amides is 2. The van der Waals surface area contributed by atoms with Gasteiger partial charge in [-0.2, -0.15) is 0 Å². The normalized spacial score (nSPS) is 26.9. The van der Waals surface area contributed by atoms with Crippen LogP contribution in [0, 0.1) is 5.92 Å². The first-order valence-electron chi connectivity index (χ1n) is 7.62. The molecule has 2 amide bonds. The van der Waals surface area contributed by atoms with Crippen LogP contribution in [0.3, 0.4) is 0 Å². The number of para-hydroxylation sites is 1. The summed E-state index contributed by atoms with van der Waals surface area (Å²) < 4.78 is 0. The molecule has 3 atom stereocenters. The molecule has 0 N–H and O–H groups in total. The van der Waals surface area contributed by atoms with Gasteiger partial charge >= 0.3 is 0 Å². The highest BCUT2D eigenvalue weighted by atomic mass is 32.1. The van der Waals surface area contributed by atoms with Crippen LogP contribution in [0.2, 0.25) is 0 Å². The average molecular weight is 328 g/mol. The molecule has 3 heterocycles. The van der Waals surface area contributed by atoms with Crippen molar-refractivity contribution in [2.24, 2.45) is 5.92 Å². The molecule has 0 aliphatic carbocycles. The van der Waals surface area contributed by atoms with E-state index in [1.165, 1.54) is 4.90 Å². The third kappa shape index (κ3) is 2.09. The summed E-state index contributed by atoms with van der Waals surface area (Å²) in [6.07, 6.45) is -0.727. The Hall–Kier alpha value is -2.18. The van der Waals surface area contributed by atoms with E-state index in [9.17, 15) is 9.59 Å². The van der Waals surface area contributed by atoms with Gasteiger partial charge in [0.1, 0.15) is 12.0 Å². The van der Waals surface area contributed by atoms with Crippen LogP contribution in [0.4, 0.5) is 5.69 Å². The first-order chi connectivity index (χ1) is 11.2. The third-order valence-electron chi connectivity index (χ3n) is 4.37. The number of fused-ring (bicyclic) bond motifs is 1. The highest BCUT2D eigenvalue weighted by Crippen LogP contribution is 2.47. The van der Waals surface area contributed by atoms with Crippen LogP contribution in [0.25, 0.3) is 0 Å². The molecule has 0 unspecified atom stereocenters. The summed E-state index contributed by atoms with van der Waals surface area (Å²) in [5, 5.41) is 3.70. The van der Waals surface area contributed by atoms with Crippen LogP contribution in [-0.4, -0.2) is 29.4 Å². The lowest BCUT2D eigenvalue weighted by Gasteiger charge is -2.27. The second kappa shape index (κ2) is 5.47. The van der Waals surface area contributed by atoms with Crippen LogP contribution in [0.1, 0.15) is 17.8 Å². The van der Waals surface area contributed by atoms with Crippen LogP contribution in [0.5, 0.6) is 0 Å². The summed E-state index contributed by atoms with van der Waals surface area (Å²) in [7, 11) is 0. The number of thiophene rings is 1. The first kappa shape index (κ1) is 14.4. The second-order valence-corrected chi connectivity index (χ2v) is 6.57. The Morgan fingerprint density at radius 3 is 2.52 bits per heavy atom. The van der Waals surface area contributed by atoms with Gasteiger partial charge in [-0.3, -0.25) is 19.3 Å². The van der Waals surface area contributed by atoms with Gasteiger partial charge in [-0.15, -0.1) is 11.3 Å². The fourth-order valence-electron chi connectivity index (χ4n) is 3.33. The lowest BCUT2D eigenvalue weighted by Crippen LogP contribution is -2.36. The number of hydrogen-bond acceptors (Lipinski definition) is 5. The van der Waals surface area contributed by atoms with E-state index in [0.29, 0.717) is 6.54 Å². The lowest BCUT2D eigenvalue weighted by atomic mass is 9.95. The molecule has 23 heavy (non-hydrogen) atoms. The van der Waals surface area contributed by atoms with E-state index in [4.69, 9.17) is 4.84 Å². The van der Waals surface area contributed by atoms with Crippen molar-refractivity contribution in [3.8, 4) is 0 Å². The number of benzene rings is 1. The molecule has 2 aliphatic heterocycles. The van der Waals surface area contributed by atoms with E-state index in [-0.39, 0.29) is 17.9 Å². The first-order valence-corrected chi connectivity index (χ1v) is 8.50. The zero-order chi connectivity index (χ0) is 16.0. The van der Waals surface area contributed by atoms with Crippen molar-refractivity contribution < 1.29 is 14.4 Å². The highest BCUT2D eigenvalue weighted by Gasteiger charge is 2.59. The highest BCUT2D eigenvalue weighted by molar-refractivity contribution is 7.10. The maximum Gasteiger partial charge on any atom is 0.261 e. The largest absolute Gasteiger partial charge is 0.280 e. The van der Waals surface area contributed by atoms with Crippen molar-refractivity contribution in [2.75, 3.05) is 11.6 Å². The number of carbonyl (C=O) groups is 2. The lowest BCUT2D eigenvalue weighted by molar-refractivity contribution is -0.142. The van der Waals surface area contributed by atoms with E-state index in [1.807, 2.05) is 54.8 Å². The van der Waals surface area contributed by atoms with Crippen molar-refractivity contribution in [3.05, 3.63) is 52.7 Å². The van der Waals surface area contributed by atoms with E-state index in [0.717, 1.165) is 10.6 Å². The van der Waals surface area contributed by atoms with Gasteiger partial charge in [0.05, 0.1) is 5.69 Å². The zero-order valence-electron chi connectivity index (χ0n) is 12.6. The minimum Gasteiger partial charge on any atom is -0.280 e. The fourth-order valence-corrected chi connectivity index (χ4v) is 4.18. The molecule has 118 valence electrons. The number of hydrogen-bond donors (Lipinski definition) is 0. The van der Waals surface area contributed by atoms with Crippen LogP contribution < -0.4 is 5.06 Å². The molecule has 1 aromatic carbocycles. The maximum absolute atomic E-state index is 12.7. The van der Waals surface area contributed by atoms with Gasteiger partial charge in [-0.05, 0) is 30.5 Å². The molecule has 0 spiro atoms. The van der Waals surface area contributed by atoms with E-state index in [1.54, 1.807) is 16.4 Å². The topological polar surface area (TPSA) is 49.9 Å². The van der Waals surface area contributed by atoms with Gasteiger partial charge in [0.15, 0.2) is 6.10 Å². The van der Waals surface area contributed by atoms with Gasteiger partial charge < -0.3 is 0 Å². The number of likely N-dealkylation sites (tertiary alicyclic amines) is 1. The van der Waals surface area contributed by atoms with Gasteiger partial charge in [-0.25, -0.2) is 5.06 Å². The summed E-state index contributed by atoms with van der Waals surface area (Å²) in [6.45, 7) is 2.20. The number of nitrogens with zero attached hydrogens (tertiary/aromatic N) is 2. The summed E-state index contributed by atoms with van der Waals surface area (Å²) in [5.41, 5.74) is 0.851. The number of rotatable bonds is 3. The van der Waals surface area contributed by atoms with Crippen LogP contribution in [-0.2, 0) is 14.4 Å². The Morgan fingerprint density at radius 1 is 1.09 bits per heavy atom. The van der Waals surface area contributed by atoms with Gasteiger partial charge in [0.2, 0.25) is 5.91 Å². The molecule has 6 heteroatoms. The molecule has 0 saturated carbocycles. The number of carbonyl (C=O) groups excluding carboxylic acids is 2. The number of hydroxylamine groups is 1. The molecule has 0 bridgehead atoms. The summed E-state index contributed by atoms with van der Waals surface area (Å²) in [4.78, 5) is 33.5. The minimum atomic E-state index is -0.727. The smallest absolute Gasteiger partial charge is 0.261 e. The quantitative estimate of drug-likeness (QED) is 0.813. The Bertz CT molecular complexity index is 732. The minimum absolute atomic E-state index is 0.140. The van der Waals surface area contributed by atoms with Gasteiger partial charge in [-0.1, -0.05) is 24.3 Å². The zero-order valence-corrected chi connectivity index (χ0v) is 13.4. The van der Waals surface area contributed by atoms with Crippen molar-refractivity contribution in [3.63, 3.8) is 0 Å². The molecular weight excluding hydrogens is 312 g/mol. The molecule has 2 aromatic rings.